The van der Waals surface area contributed by atoms with Gasteiger partial charge in [-0.3, -0.25) is 0 Å². The van der Waals surface area contributed by atoms with E-state index in [1.165, 1.54) is 0 Å². The molecular formula is C10H24OSi2. The maximum atomic E-state index is 6.17. The highest BCUT2D eigenvalue weighted by molar-refractivity contribution is 6.70. The Morgan fingerprint density at radius 1 is 1.38 bits per heavy atom. The Balaban J connectivity index is 4.44. The van der Waals surface area contributed by atoms with Crippen molar-refractivity contribution in [2.24, 2.45) is 5.41 Å². The normalized spacial score (nSPS) is 16.5. The molecule has 0 aromatic heterocycles. The van der Waals surface area contributed by atoms with Gasteiger partial charge >= 0.3 is 0 Å². The fourth-order valence-corrected chi connectivity index (χ4v) is 5.86. The molecule has 0 spiro atoms. The lowest BCUT2D eigenvalue weighted by molar-refractivity contribution is 0.171. The highest BCUT2D eigenvalue weighted by Gasteiger charge is 2.30. The fourth-order valence-electron chi connectivity index (χ4n) is 1.32. The van der Waals surface area contributed by atoms with Crippen LogP contribution >= 0.6 is 0 Å². The van der Waals surface area contributed by atoms with Crippen molar-refractivity contribution in [2.45, 2.75) is 45.8 Å². The molecule has 0 amide bonds. The van der Waals surface area contributed by atoms with Crippen molar-refractivity contribution < 1.29 is 4.43 Å². The summed E-state index contributed by atoms with van der Waals surface area (Å²) in [6, 6.07) is 0. The molecule has 0 saturated carbocycles. The zero-order valence-electron chi connectivity index (χ0n) is 9.98. The van der Waals surface area contributed by atoms with E-state index in [1.807, 2.05) is 6.08 Å². The molecule has 0 aliphatic heterocycles. The van der Waals surface area contributed by atoms with E-state index in [-0.39, 0.29) is 14.9 Å². The molecule has 0 aliphatic carbocycles. The molecule has 0 fully saturated rings. The Labute approximate surface area is 86.5 Å². The molecule has 0 aliphatic rings. The molecule has 0 heterocycles. The fraction of sp³-hybridized carbons (Fsp3) is 0.800. The van der Waals surface area contributed by atoms with Crippen LogP contribution in [-0.4, -0.2) is 23.6 Å². The highest BCUT2D eigenvalue weighted by atomic mass is 28.4. The summed E-state index contributed by atoms with van der Waals surface area (Å²) in [5.41, 5.74) is 0.609. The van der Waals surface area contributed by atoms with Gasteiger partial charge in [-0.1, -0.05) is 26.5 Å². The zero-order valence-corrected chi connectivity index (χ0v) is 12.4. The quantitative estimate of drug-likeness (QED) is 0.507. The molecule has 0 aromatic carbocycles. The van der Waals surface area contributed by atoms with E-state index in [9.17, 15) is 0 Å². The molecule has 0 N–H and O–H groups in total. The van der Waals surface area contributed by atoms with Gasteiger partial charge in [-0.2, -0.15) is 0 Å². The Bertz CT molecular complexity index is 170. The van der Waals surface area contributed by atoms with E-state index >= 15 is 0 Å². The van der Waals surface area contributed by atoms with Gasteiger partial charge in [0.15, 0.2) is 8.32 Å². The summed E-state index contributed by atoms with van der Waals surface area (Å²) in [6.07, 6.45) is 2.04. The summed E-state index contributed by atoms with van der Waals surface area (Å²) >= 11 is 0. The van der Waals surface area contributed by atoms with Gasteiger partial charge in [-0.15, -0.1) is 6.58 Å². The average molecular weight is 216 g/mol. The number of rotatable bonds is 5. The molecular weight excluding hydrogens is 192 g/mol. The summed E-state index contributed by atoms with van der Waals surface area (Å²) in [5, 5.41) is 0. The largest absolute Gasteiger partial charge is 0.418 e. The van der Waals surface area contributed by atoms with Crippen LogP contribution in [0.5, 0.6) is 0 Å². The van der Waals surface area contributed by atoms with Crippen LogP contribution in [-0.2, 0) is 4.43 Å². The molecule has 0 rings (SSSR count). The van der Waals surface area contributed by atoms with Gasteiger partial charge < -0.3 is 4.43 Å². The van der Waals surface area contributed by atoms with Crippen LogP contribution in [0.2, 0.25) is 26.2 Å². The minimum atomic E-state index is -1.38. The molecule has 0 bridgehead atoms. The van der Waals surface area contributed by atoms with Crippen LogP contribution in [0.15, 0.2) is 12.7 Å². The van der Waals surface area contributed by atoms with Gasteiger partial charge in [0.1, 0.15) is 0 Å². The molecule has 78 valence electrons. The predicted octanol–water partition coefficient (Wildman–Crippen LogP) is 2.59. The van der Waals surface area contributed by atoms with Crippen LogP contribution < -0.4 is 0 Å². The minimum absolute atomic E-state index is 0.126. The maximum Gasteiger partial charge on any atom is 0.183 e. The lowest BCUT2D eigenvalue weighted by atomic mass is 9.95. The topological polar surface area (TPSA) is 9.23 Å². The van der Waals surface area contributed by atoms with Crippen LogP contribution in [0.3, 0.4) is 0 Å². The zero-order chi connectivity index (χ0) is 10.7. The van der Waals surface area contributed by atoms with Gasteiger partial charge in [0.05, 0.1) is 9.52 Å². The first-order valence-corrected chi connectivity index (χ1v) is 10.7. The smallest absolute Gasteiger partial charge is 0.183 e. The molecule has 1 nitrogen and oxygen atoms in total. The van der Waals surface area contributed by atoms with E-state index in [0.29, 0.717) is 5.73 Å². The van der Waals surface area contributed by atoms with Gasteiger partial charge in [0.25, 0.3) is 0 Å². The molecule has 3 heteroatoms. The van der Waals surface area contributed by atoms with Crippen LogP contribution in [0.4, 0.5) is 0 Å². The first kappa shape index (κ1) is 13.1. The van der Waals surface area contributed by atoms with E-state index < -0.39 is 8.32 Å². The van der Waals surface area contributed by atoms with Crippen LogP contribution in [0, 0.1) is 5.41 Å². The lowest BCUT2D eigenvalue weighted by Crippen LogP contribution is -2.42. The summed E-state index contributed by atoms with van der Waals surface area (Å²) in [4.78, 5) is 0. The van der Waals surface area contributed by atoms with Gasteiger partial charge in [0.2, 0.25) is 0 Å². The molecule has 1 unspecified atom stereocenters. The standard InChI is InChI=1S/C10H24OSi2/c1-8-10(2,3)9(12-4)11-13(5,6)7/h8-9H,1,12H2,2-7H3. The van der Waals surface area contributed by atoms with Gasteiger partial charge in [-0.05, 0) is 19.6 Å². The lowest BCUT2D eigenvalue weighted by Gasteiger charge is -2.35. The summed E-state index contributed by atoms with van der Waals surface area (Å²) in [6.45, 7) is 17.4. The van der Waals surface area contributed by atoms with E-state index in [1.54, 1.807) is 0 Å². The summed E-state index contributed by atoms with van der Waals surface area (Å²) in [7, 11) is -1.51. The van der Waals surface area contributed by atoms with Crippen molar-refractivity contribution in [3.63, 3.8) is 0 Å². The molecule has 0 saturated heterocycles. The van der Waals surface area contributed by atoms with E-state index in [4.69, 9.17) is 4.43 Å². The Hall–Kier alpha value is 0.134. The van der Waals surface area contributed by atoms with Gasteiger partial charge in [0, 0.05) is 11.1 Å². The monoisotopic (exact) mass is 216 g/mol. The number of hydrogen-bond donors (Lipinski definition) is 0. The third-order valence-corrected chi connectivity index (χ3v) is 5.51. The van der Waals surface area contributed by atoms with Crippen molar-refractivity contribution in [3.05, 3.63) is 12.7 Å². The van der Waals surface area contributed by atoms with Crippen molar-refractivity contribution in [1.29, 1.82) is 0 Å². The summed E-state index contributed by atoms with van der Waals surface area (Å²) in [5.74, 6) is 0. The second-order valence-corrected chi connectivity index (χ2v) is 11.2. The minimum Gasteiger partial charge on any atom is -0.418 e. The molecule has 0 aromatic rings. The van der Waals surface area contributed by atoms with Crippen molar-refractivity contribution in [3.8, 4) is 0 Å². The number of hydrogen-bond acceptors (Lipinski definition) is 1. The SMILES string of the molecule is C=CC(C)(C)C(O[Si](C)(C)C)[SiH2]C. The Morgan fingerprint density at radius 3 is 2.08 bits per heavy atom. The third kappa shape index (κ3) is 4.79. The second-order valence-electron chi connectivity index (χ2n) is 5.15. The molecule has 0 radical (unpaired) electrons. The molecule has 13 heavy (non-hydrogen) atoms. The first-order chi connectivity index (χ1) is 5.73. The maximum absolute atomic E-state index is 6.17. The third-order valence-electron chi connectivity index (χ3n) is 2.22. The van der Waals surface area contributed by atoms with Gasteiger partial charge in [-0.25, -0.2) is 0 Å². The Morgan fingerprint density at radius 2 is 1.85 bits per heavy atom. The average Bonchev–Trinajstić information content (AvgIpc) is 1.98. The van der Waals surface area contributed by atoms with Crippen molar-refractivity contribution in [2.75, 3.05) is 0 Å². The van der Waals surface area contributed by atoms with E-state index in [2.05, 4.69) is 46.6 Å². The molecule has 1 atom stereocenters. The Kier molecular flexibility index (Phi) is 4.62. The predicted molar refractivity (Wildman–Crippen MR) is 66.6 cm³/mol. The first-order valence-electron chi connectivity index (χ1n) is 5.04. The van der Waals surface area contributed by atoms with Crippen LogP contribution in [0.25, 0.3) is 0 Å². The highest BCUT2D eigenvalue weighted by Crippen LogP contribution is 2.26. The van der Waals surface area contributed by atoms with Crippen molar-refractivity contribution >= 4 is 17.8 Å². The summed E-state index contributed by atoms with van der Waals surface area (Å²) < 4.78 is 6.17. The van der Waals surface area contributed by atoms with Crippen LogP contribution in [0.1, 0.15) is 13.8 Å². The van der Waals surface area contributed by atoms with E-state index in [0.717, 1.165) is 0 Å². The second kappa shape index (κ2) is 4.57. The van der Waals surface area contributed by atoms with Crippen molar-refractivity contribution in [1.82, 2.24) is 0 Å².